The van der Waals surface area contributed by atoms with Gasteiger partial charge in [0, 0.05) is 10.4 Å². The van der Waals surface area contributed by atoms with Crippen molar-refractivity contribution in [1.82, 2.24) is 4.98 Å². The highest BCUT2D eigenvalue weighted by molar-refractivity contribution is 7.16. The molecule has 4 rings (SSSR count). The summed E-state index contributed by atoms with van der Waals surface area (Å²) in [4.78, 5) is 17.8. The number of aryl methyl sites for hydroxylation is 1. The molecule has 6 nitrogen and oxygen atoms in total. The van der Waals surface area contributed by atoms with Crippen LogP contribution in [0, 0.1) is 6.92 Å². The average molecular weight is 432 g/mol. The van der Waals surface area contributed by atoms with E-state index in [2.05, 4.69) is 15.0 Å². The zero-order valence-corrected chi connectivity index (χ0v) is 16.8. The number of anilines is 1. The summed E-state index contributed by atoms with van der Waals surface area (Å²) in [5.41, 5.74) is 2.23. The van der Waals surface area contributed by atoms with Crippen molar-refractivity contribution in [2.24, 2.45) is 0 Å². The van der Waals surface area contributed by atoms with Gasteiger partial charge < -0.3 is 19.5 Å². The number of nitrogens with one attached hydrogen (secondary N) is 1. The third-order valence-electron chi connectivity index (χ3n) is 4.37. The second-order valence-electron chi connectivity index (χ2n) is 6.53. The van der Waals surface area contributed by atoms with E-state index in [0.717, 1.165) is 16.0 Å². The SMILES string of the molecule is Cc1sc(NC(=O)Cc2ccc3c(c2)OCCO3)nc1-c1ccc(OC(F)F)cc1. The molecule has 1 aliphatic rings. The van der Waals surface area contributed by atoms with Crippen molar-refractivity contribution in [3.63, 3.8) is 0 Å². The minimum absolute atomic E-state index is 0.0783. The molecule has 0 aliphatic carbocycles. The zero-order valence-electron chi connectivity index (χ0n) is 16.0. The van der Waals surface area contributed by atoms with E-state index in [0.29, 0.717) is 35.5 Å². The maximum absolute atomic E-state index is 12.5. The van der Waals surface area contributed by atoms with Gasteiger partial charge in [-0.1, -0.05) is 6.07 Å². The Hall–Kier alpha value is -3.20. The number of nitrogens with zero attached hydrogens (tertiary/aromatic N) is 1. The minimum Gasteiger partial charge on any atom is -0.486 e. The summed E-state index contributed by atoms with van der Waals surface area (Å²) in [5.74, 6) is 1.19. The van der Waals surface area contributed by atoms with Crippen molar-refractivity contribution in [3.05, 3.63) is 52.9 Å². The lowest BCUT2D eigenvalue weighted by Crippen LogP contribution is -2.17. The minimum atomic E-state index is -2.87. The normalized spacial score (nSPS) is 12.7. The lowest BCUT2D eigenvalue weighted by atomic mass is 10.1. The number of fused-ring (bicyclic) bond motifs is 1. The van der Waals surface area contributed by atoms with Gasteiger partial charge in [-0.05, 0) is 48.9 Å². The van der Waals surface area contributed by atoms with Crippen molar-refractivity contribution < 1.29 is 27.8 Å². The second-order valence-corrected chi connectivity index (χ2v) is 7.73. The highest BCUT2D eigenvalue weighted by Gasteiger charge is 2.16. The third kappa shape index (κ3) is 4.68. The first kappa shape index (κ1) is 20.1. The molecular weight excluding hydrogens is 414 g/mol. The van der Waals surface area contributed by atoms with Crippen LogP contribution in [0.1, 0.15) is 10.4 Å². The molecule has 1 amide bonds. The van der Waals surface area contributed by atoms with E-state index in [-0.39, 0.29) is 18.1 Å². The van der Waals surface area contributed by atoms with Gasteiger partial charge in [0.15, 0.2) is 16.6 Å². The summed E-state index contributed by atoms with van der Waals surface area (Å²) in [6, 6.07) is 11.6. The molecule has 2 heterocycles. The first-order valence-electron chi connectivity index (χ1n) is 9.19. The van der Waals surface area contributed by atoms with Crippen LogP contribution >= 0.6 is 11.3 Å². The summed E-state index contributed by atoms with van der Waals surface area (Å²) in [6.45, 7) is 0.0139. The van der Waals surface area contributed by atoms with E-state index in [1.807, 2.05) is 13.0 Å². The summed E-state index contributed by atoms with van der Waals surface area (Å²) >= 11 is 1.35. The van der Waals surface area contributed by atoms with Crippen LogP contribution in [0.25, 0.3) is 11.3 Å². The largest absolute Gasteiger partial charge is 0.486 e. The summed E-state index contributed by atoms with van der Waals surface area (Å²) in [7, 11) is 0. The fraction of sp³-hybridized carbons (Fsp3) is 0.238. The number of hydrogen-bond acceptors (Lipinski definition) is 6. The summed E-state index contributed by atoms with van der Waals surface area (Å²) in [5, 5.41) is 3.28. The molecule has 0 bridgehead atoms. The van der Waals surface area contributed by atoms with E-state index in [1.54, 1.807) is 24.3 Å². The van der Waals surface area contributed by atoms with Crippen molar-refractivity contribution >= 4 is 22.4 Å². The van der Waals surface area contributed by atoms with Crippen molar-refractivity contribution in [2.75, 3.05) is 18.5 Å². The number of carbonyl (C=O) groups excluding carboxylic acids is 1. The number of ether oxygens (including phenoxy) is 3. The number of carbonyl (C=O) groups is 1. The number of thiazole rings is 1. The van der Waals surface area contributed by atoms with Gasteiger partial charge in [0.2, 0.25) is 5.91 Å². The number of benzene rings is 2. The monoisotopic (exact) mass is 432 g/mol. The van der Waals surface area contributed by atoms with E-state index in [4.69, 9.17) is 9.47 Å². The van der Waals surface area contributed by atoms with Crippen molar-refractivity contribution in [3.8, 4) is 28.5 Å². The smallest absolute Gasteiger partial charge is 0.387 e. The molecule has 0 saturated heterocycles. The third-order valence-corrected chi connectivity index (χ3v) is 5.25. The summed E-state index contributed by atoms with van der Waals surface area (Å²) < 4.78 is 40.0. The van der Waals surface area contributed by atoms with Crippen molar-refractivity contribution in [2.45, 2.75) is 20.0 Å². The molecule has 0 fully saturated rings. The first-order valence-corrected chi connectivity index (χ1v) is 10.0. The van der Waals surface area contributed by atoms with Crippen LogP contribution in [0.15, 0.2) is 42.5 Å². The Labute approximate surface area is 175 Å². The Kier molecular flexibility index (Phi) is 5.80. The quantitative estimate of drug-likeness (QED) is 0.613. The maximum atomic E-state index is 12.5. The van der Waals surface area contributed by atoms with E-state index in [9.17, 15) is 13.6 Å². The molecular formula is C21H18F2N2O4S. The molecule has 3 aromatic rings. The van der Waals surface area contributed by atoms with Gasteiger partial charge in [0.1, 0.15) is 19.0 Å². The van der Waals surface area contributed by atoms with E-state index in [1.165, 1.54) is 23.5 Å². The van der Waals surface area contributed by atoms with Crippen LogP contribution in [0.5, 0.6) is 17.2 Å². The highest BCUT2D eigenvalue weighted by atomic mass is 32.1. The number of halogens is 2. The van der Waals surface area contributed by atoms with Crippen LogP contribution in [0.2, 0.25) is 0 Å². The fourth-order valence-electron chi connectivity index (χ4n) is 3.06. The van der Waals surface area contributed by atoms with Crippen LogP contribution in [-0.4, -0.2) is 30.7 Å². The van der Waals surface area contributed by atoms with Crippen molar-refractivity contribution in [1.29, 1.82) is 0 Å². The number of hydrogen-bond donors (Lipinski definition) is 1. The number of rotatable bonds is 6. The Bertz CT molecular complexity index is 1050. The molecule has 0 saturated carbocycles. The molecule has 1 aliphatic heterocycles. The predicted octanol–water partition coefficient (Wildman–Crippen LogP) is 4.67. The van der Waals surface area contributed by atoms with Gasteiger partial charge in [-0.15, -0.1) is 11.3 Å². The first-order chi connectivity index (χ1) is 14.5. The van der Waals surface area contributed by atoms with Crippen LogP contribution in [-0.2, 0) is 11.2 Å². The molecule has 0 atom stereocenters. The van der Waals surface area contributed by atoms with Gasteiger partial charge in [-0.25, -0.2) is 4.98 Å². The average Bonchev–Trinajstić information content (AvgIpc) is 3.08. The van der Waals surface area contributed by atoms with Gasteiger partial charge >= 0.3 is 6.61 Å². The van der Waals surface area contributed by atoms with E-state index < -0.39 is 6.61 Å². The molecule has 1 N–H and O–H groups in total. The Morgan fingerprint density at radius 2 is 1.90 bits per heavy atom. The molecule has 2 aromatic carbocycles. The molecule has 156 valence electrons. The van der Waals surface area contributed by atoms with Gasteiger partial charge in [0.05, 0.1) is 12.1 Å². The second kappa shape index (κ2) is 8.66. The van der Waals surface area contributed by atoms with Crippen LogP contribution in [0.3, 0.4) is 0 Å². The predicted molar refractivity (Wildman–Crippen MR) is 109 cm³/mol. The van der Waals surface area contributed by atoms with Gasteiger partial charge in [-0.3, -0.25) is 4.79 Å². The van der Waals surface area contributed by atoms with Crippen LogP contribution < -0.4 is 19.5 Å². The van der Waals surface area contributed by atoms with Crippen LogP contribution in [0.4, 0.5) is 13.9 Å². The lowest BCUT2D eigenvalue weighted by molar-refractivity contribution is -0.115. The fourth-order valence-corrected chi connectivity index (χ4v) is 3.91. The lowest BCUT2D eigenvalue weighted by Gasteiger charge is -2.18. The number of alkyl halides is 2. The van der Waals surface area contributed by atoms with Gasteiger partial charge in [-0.2, -0.15) is 8.78 Å². The Morgan fingerprint density at radius 1 is 1.17 bits per heavy atom. The van der Waals surface area contributed by atoms with E-state index >= 15 is 0 Å². The molecule has 0 spiro atoms. The number of aromatic nitrogens is 1. The molecule has 0 unspecified atom stereocenters. The van der Waals surface area contributed by atoms with Gasteiger partial charge in [0.25, 0.3) is 0 Å². The Balaban J connectivity index is 1.42. The molecule has 1 aromatic heterocycles. The molecule has 0 radical (unpaired) electrons. The standard InChI is InChI=1S/C21H18F2N2O4S/c1-12-19(14-3-5-15(6-4-14)29-20(22)23)25-21(30-12)24-18(26)11-13-2-7-16-17(10-13)28-9-8-27-16/h2-7,10,20H,8-9,11H2,1H3,(H,24,25,26). The zero-order chi connectivity index (χ0) is 21.1. The number of amides is 1. The Morgan fingerprint density at radius 3 is 2.63 bits per heavy atom. The molecule has 30 heavy (non-hydrogen) atoms. The summed E-state index contributed by atoms with van der Waals surface area (Å²) in [6.07, 6.45) is 0.171. The highest BCUT2D eigenvalue weighted by Crippen LogP contribution is 2.33. The maximum Gasteiger partial charge on any atom is 0.387 e. The topological polar surface area (TPSA) is 69.7 Å². The molecule has 9 heteroatoms.